The van der Waals surface area contributed by atoms with Crippen LogP contribution in [0.15, 0.2) is 24.4 Å². The molecule has 0 radical (unpaired) electrons. The second-order valence-electron chi connectivity index (χ2n) is 5.11. The average Bonchev–Trinajstić information content (AvgIpc) is 2.54. The first kappa shape index (κ1) is 17.5. The first-order chi connectivity index (χ1) is 11.4. The number of carbonyl (C=O) groups excluding carboxylic acids is 2. The molecule has 1 aliphatic heterocycles. The zero-order valence-electron chi connectivity index (χ0n) is 13.7. The molecule has 0 saturated carbocycles. The molecule has 1 aromatic rings. The lowest BCUT2D eigenvalue weighted by molar-refractivity contribution is -0.147. The first-order valence-electron chi connectivity index (χ1n) is 7.30. The molecule has 3 N–H and O–H groups in total. The summed E-state index contributed by atoms with van der Waals surface area (Å²) in [6, 6.07) is 1.81. The van der Waals surface area contributed by atoms with Crippen LogP contribution in [0.1, 0.15) is 18.5 Å². The summed E-state index contributed by atoms with van der Waals surface area (Å²) in [7, 11) is 2.78. The summed E-state index contributed by atoms with van der Waals surface area (Å²) < 4.78 is 15.3. The Kier molecular flexibility index (Phi) is 5.18. The van der Waals surface area contributed by atoms with Gasteiger partial charge >= 0.3 is 12.0 Å². The number of rotatable bonds is 5. The van der Waals surface area contributed by atoms with Crippen LogP contribution >= 0.6 is 0 Å². The molecule has 1 heterocycles. The largest absolute Gasteiger partial charge is 0.502 e. The number of phenolic OH excluding ortho intramolecular Hbond substituents is 1. The maximum atomic E-state index is 12.3. The lowest BCUT2D eigenvalue weighted by Crippen LogP contribution is -2.51. The predicted molar refractivity (Wildman–Crippen MR) is 84.9 cm³/mol. The fraction of sp³-hybridized carbons (Fsp3) is 0.375. The molecular weight excluding hydrogens is 316 g/mol. The van der Waals surface area contributed by atoms with Crippen LogP contribution in [0.2, 0.25) is 0 Å². The van der Waals surface area contributed by atoms with Crippen molar-refractivity contribution < 1.29 is 28.9 Å². The fourth-order valence-electron chi connectivity index (χ4n) is 2.56. The van der Waals surface area contributed by atoms with E-state index in [1.165, 1.54) is 26.4 Å². The fourth-order valence-corrected chi connectivity index (χ4v) is 2.56. The monoisotopic (exact) mass is 336 g/mol. The van der Waals surface area contributed by atoms with Crippen LogP contribution in [-0.2, 0) is 9.53 Å². The van der Waals surface area contributed by atoms with E-state index in [1.54, 1.807) is 6.92 Å². The molecule has 2 rings (SSSR count). The number of methoxy groups -OCH3 is 2. The van der Waals surface area contributed by atoms with E-state index in [9.17, 15) is 14.7 Å². The van der Waals surface area contributed by atoms with Gasteiger partial charge in [-0.05, 0) is 24.6 Å². The summed E-state index contributed by atoms with van der Waals surface area (Å²) in [6.07, 6.45) is 0. The van der Waals surface area contributed by atoms with E-state index in [1.807, 2.05) is 0 Å². The first-order valence-corrected chi connectivity index (χ1v) is 7.30. The highest BCUT2D eigenvalue weighted by Gasteiger charge is 2.39. The third-order valence-corrected chi connectivity index (χ3v) is 3.67. The molecule has 1 aliphatic rings. The Hall–Kier alpha value is -2.90. The molecule has 1 aromatic carbocycles. The van der Waals surface area contributed by atoms with E-state index in [0.717, 1.165) is 0 Å². The van der Waals surface area contributed by atoms with E-state index >= 15 is 0 Å². The minimum atomic E-state index is -0.832. The van der Waals surface area contributed by atoms with Crippen LogP contribution in [-0.4, -0.2) is 37.9 Å². The Labute approximate surface area is 139 Å². The number of carbonyl (C=O) groups is 2. The maximum Gasteiger partial charge on any atom is 0.319 e. The van der Waals surface area contributed by atoms with Crippen LogP contribution < -0.4 is 20.1 Å². The quantitative estimate of drug-likeness (QED) is 0.703. The van der Waals surface area contributed by atoms with E-state index in [-0.39, 0.29) is 29.6 Å². The minimum absolute atomic E-state index is 0.158. The van der Waals surface area contributed by atoms with Gasteiger partial charge in [-0.1, -0.05) is 6.58 Å². The van der Waals surface area contributed by atoms with Crippen LogP contribution in [0.25, 0.3) is 0 Å². The second-order valence-corrected chi connectivity index (χ2v) is 5.11. The summed E-state index contributed by atoms with van der Waals surface area (Å²) in [5.74, 6) is -1.21. The Morgan fingerprint density at radius 1 is 1.29 bits per heavy atom. The zero-order chi connectivity index (χ0) is 17.9. The number of nitrogens with one attached hydrogen (secondary N) is 2. The molecule has 2 atom stereocenters. The van der Waals surface area contributed by atoms with Crippen molar-refractivity contribution in [2.24, 2.45) is 5.92 Å². The number of phenols is 1. The van der Waals surface area contributed by atoms with Gasteiger partial charge in [-0.2, -0.15) is 0 Å². The maximum absolute atomic E-state index is 12.3. The van der Waals surface area contributed by atoms with Crippen molar-refractivity contribution >= 4 is 12.0 Å². The van der Waals surface area contributed by atoms with Crippen molar-refractivity contribution in [3.05, 3.63) is 30.0 Å². The molecule has 2 amide bonds. The normalized spacial score (nSPS) is 20.0. The summed E-state index contributed by atoms with van der Waals surface area (Å²) >= 11 is 0. The minimum Gasteiger partial charge on any atom is -0.502 e. The number of benzene rings is 1. The molecule has 1 fully saturated rings. The predicted octanol–water partition coefficient (Wildman–Crippen LogP) is 1.46. The molecule has 8 heteroatoms. The van der Waals surface area contributed by atoms with Gasteiger partial charge < -0.3 is 30.0 Å². The van der Waals surface area contributed by atoms with E-state index < -0.39 is 24.0 Å². The van der Waals surface area contributed by atoms with Gasteiger partial charge in [-0.15, -0.1) is 0 Å². The Bertz CT molecular complexity index is 648. The number of esters is 1. The molecule has 8 nitrogen and oxygen atoms in total. The lowest BCUT2D eigenvalue weighted by atomic mass is 9.88. The summed E-state index contributed by atoms with van der Waals surface area (Å²) in [5, 5.41) is 15.2. The third-order valence-electron chi connectivity index (χ3n) is 3.67. The van der Waals surface area contributed by atoms with Gasteiger partial charge in [-0.25, -0.2) is 4.79 Å². The zero-order valence-corrected chi connectivity index (χ0v) is 13.7. The molecule has 0 aromatic heterocycles. The summed E-state index contributed by atoms with van der Waals surface area (Å²) in [5.41, 5.74) is 0.740. The summed E-state index contributed by atoms with van der Waals surface area (Å²) in [4.78, 5) is 24.1. The Morgan fingerprint density at radius 2 is 1.88 bits per heavy atom. The van der Waals surface area contributed by atoms with Crippen molar-refractivity contribution in [1.29, 1.82) is 0 Å². The van der Waals surface area contributed by atoms with Crippen LogP contribution in [0.4, 0.5) is 4.79 Å². The van der Waals surface area contributed by atoms with Gasteiger partial charge in [0, 0.05) is 5.70 Å². The van der Waals surface area contributed by atoms with E-state index in [2.05, 4.69) is 17.2 Å². The van der Waals surface area contributed by atoms with Crippen LogP contribution in [0, 0.1) is 5.92 Å². The van der Waals surface area contributed by atoms with E-state index in [4.69, 9.17) is 14.2 Å². The van der Waals surface area contributed by atoms with Crippen LogP contribution in [0.5, 0.6) is 17.2 Å². The van der Waals surface area contributed by atoms with Gasteiger partial charge in [0.25, 0.3) is 0 Å². The molecule has 0 aliphatic carbocycles. The van der Waals surface area contributed by atoms with Gasteiger partial charge in [0.1, 0.15) is 5.92 Å². The Morgan fingerprint density at radius 3 is 2.38 bits per heavy atom. The Balaban J connectivity index is 2.50. The van der Waals surface area contributed by atoms with E-state index in [0.29, 0.717) is 5.56 Å². The number of urea groups is 1. The molecule has 130 valence electrons. The van der Waals surface area contributed by atoms with Gasteiger partial charge in [0.05, 0.1) is 26.9 Å². The molecule has 0 bridgehead atoms. The highest BCUT2D eigenvalue weighted by molar-refractivity contribution is 5.85. The van der Waals surface area contributed by atoms with Crippen molar-refractivity contribution in [3.63, 3.8) is 0 Å². The van der Waals surface area contributed by atoms with Crippen LogP contribution in [0.3, 0.4) is 0 Å². The smallest absolute Gasteiger partial charge is 0.319 e. The SMILES string of the molecule is C=C1NC(=O)N[C@@H](c2cc(OC)c(O)c(OC)c2)[C@@H]1C(=O)OCC. The molecular formula is C16H20N2O6. The van der Waals surface area contributed by atoms with Crippen molar-refractivity contribution in [2.45, 2.75) is 13.0 Å². The number of hydrogen-bond donors (Lipinski definition) is 3. The van der Waals surface area contributed by atoms with Crippen molar-refractivity contribution in [1.82, 2.24) is 10.6 Å². The third kappa shape index (κ3) is 3.22. The van der Waals surface area contributed by atoms with Crippen molar-refractivity contribution in [3.8, 4) is 17.2 Å². The average molecular weight is 336 g/mol. The van der Waals surface area contributed by atoms with Gasteiger partial charge in [-0.3, -0.25) is 4.79 Å². The highest BCUT2D eigenvalue weighted by Crippen LogP contribution is 2.41. The molecule has 0 spiro atoms. The van der Waals surface area contributed by atoms with Gasteiger partial charge in [0.2, 0.25) is 5.75 Å². The number of amides is 2. The van der Waals surface area contributed by atoms with Crippen molar-refractivity contribution in [2.75, 3.05) is 20.8 Å². The van der Waals surface area contributed by atoms with Gasteiger partial charge in [0.15, 0.2) is 11.5 Å². The molecule has 24 heavy (non-hydrogen) atoms. The number of ether oxygens (including phenoxy) is 3. The second kappa shape index (κ2) is 7.12. The number of hydrogen-bond acceptors (Lipinski definition) is 6. The summed E-state index contributed by atoms with van der Waals surface area (Å²) in [6.45, 7) is 5.63. The highest BCUT2D eigenvalue weighted by atomic mass is 16.5. The molecule has 0 unspecified atom stereocenters. The lowest BCUT2D eigenvalue weighted by Gasteiger charge is -2.33. The number of aromatic hydroxyl groups is 1. The topological polar surface area (TPSA) is 106 Å². The molecule has 1 saturated heterocycles. The standard InChI is InChI=1S/C16H20N2O6/c1-5-24-15(20)12-8(2)17-16(21)18-13(12)9-6-10(22-3)14(19)11(7-9)23-4/h6-7,12-13,19H,2,5H2,1,3-4H3,(H2,17,18,21)/t12-,13+/m1/s1.